The van der Waals surface area contributed by atoms with Gasteiger partial charge in [-0.2, -0.15) is 0 Å². The third-order valence-corrected chi connectivity index (χ3v) is 8.68. The lowest BCUT2D eigenvalue weighted by atomic mass is 9.98. The molecule has 0 unspecified atom stereocenters. The lowest BCUT2D eigenvalue weighted by molar-refractivity contribution is 0.186. The van der Waals surface area contributed by atoms with Crippen molar-refractivity contribution in [2.75, 3.05) is 63.7 Å². The van der Waals surface area contributed by atoms with Gasteiger partial charge in [-0.05, 0) is 81.2 Å². The van der Waals surface area contributed by atoms with Crippen LogP contribution in [0.25, 0.3) is 11.3 Å². The summed E-state index contributed by atoms with van der Waals surface area (Å²) in [7, 11) is 0.163. The predicted octanol–water partition coefficient (Wildman–Crippen LogP) is 6.00. The zero-order valence-electron chi connectivity index (χ0n) is 22.0. The number of piperazine rings is 1. The van der Waals surface area contributed by atoms with Crippen LogP contribution in [0.5, 0.6) is 11.6 Å². The molecular weight excluding hydrogens is 538 g/mol. The van der Waals surface area contributed by atoms with Crippen molar-refractivity contribution in [1.82, 2.24) is 25.2 Å². The number of aromatic nitrogens is 3. The van der Waals surface area contributed by atoms with Crippen molar-refractivity contribution < 1.29 is 4.74 Å². The van der Waals surface area contributed by atoms with E-state index in [1.807, 2.05) is 18.2 Å². The molecule has 3 aromatic rings. The van der Waals surface area contributed by atoms with Gasteiger partial charge in [-0.25, -0.2) is 15.0 Å². The highest BCUT2D eigenvalue weighted by molar-refractivity contribution is 7.55. The zero-order valence-corrected chi connectivity index (χ0v) is 24.4. The van der Waals surface area contributed by atoms with Crippen LogP contribution in [-0.4, -0.2) is 78.6 Å². The number of halogens is 2. The Hall–Kier alpha value is -2.02. The van der Waals surface area contributed by atoms with Crippen LogP contribution in [0.2, 0.25) is 10.0 Å². The molecule has 5 rings (SSSR count). The van der Waals surface area contributed by atoms with Gasteiger partial charge in [0.1, 0.15) is 0 Å². The number of nitrogens with one attached hydrogen (secondary N) is 1. The van der Waals surface area contributed by atoms with Crippen LogP contribution in [0.15, 0.2) is 42.7 Å². The van der Waals surface area contributed by atoms with Gasteiger partial charge in [0.2, 0.25) is 11.8 Å². The fraction of sp³-hybridized carbons (Fsp3) is 0.464. The minimum Gasteiger partial charge on any atom is -0.436 e. The maximum Gasteiger partial charge on any atom is 0.225 e. The van der Waals surface area contributed by atoms with Gasteiger partial charge >= 0.3 is 0 Å². The van der Waals surface area contributed by atoms with E-state index in [1.54, 1.807) is 18.5 Å². The number of hydrogen-bond acceptors (Lipinski definition) is 7. The van der Waals surface area contributed by atoms with Crippen molar-refractivity contribution in [3.63, 3.8) is 0 Å². The second kappa shape index (κ2) is 12.9. The van der Waals surface area contributed by atoms with E-state index in [-0.39, 0.29) is 7.92 Å². The minimum absolute atomic E-state index is 0.163. The molecule has 10 heteroatoms. The summed E-state index contributed by atoms with van der Waals surface area (Å²) in [6, 6.07) is 9.63. The molecule has 0 amide bonds. The van der Waals surface area contributed by atoms with E-state index < -0.39 is 0 Å². The lowest BCUT2D eigenvalue weighted by Crippen LogP contribution is -2.44. The maximum absolute atomic E-state index is 6.32. The minimum atomic E-state index is 0.163. The summed E-state index contributed by atoms with van der Waals surface area (Å²) in [4.78, 5) is 18.6. The van der Waals surface area contributed by atoms with Crippen LogP contribution in [0.4, 0.5) is 5.95 Å². The quantitative estimate of drug-likeness (QED) is 0.332. The Morgan fingerprint density at radius 1 is 0.947 bits per heavy atom. The Kier molecular flexibility index (Phi) is 9.34. The fourth-order valence-electron chi connectivity index (χ4n) is 5.16. The molecule has 1 N–H and O–H groups in total. The van der Waals surface area contributed by atoms with Crippen molar-refractivity contribution in [3.05, 3.63) is 58.3 Å². The van der Waals surface area contributed by atoms with Crippen LogP contribution in [-0.2, 0) is 6.54 Å². The number of likely N-dealkylation sites (tertiary alicyclic amines) is 1. The van der Waals surface area contributed by atoms with Gasteiger partial charge < -0.3 is 15.0 Å². The topological polar surface area (TPSA) is 66.4 Å². The number of rotatable bonds is 8. The highest BCUT2D eigenvalue weighted by Crippen LogP contribution is 2.34. The Bertz CT molecular complexity index is 1190. The first-order chi connectivity index (χ1) is 18.4. The summed E-state index contributed by atoms with van der Waals surface area (Å²) < 4.78 is 6.18. The molecule has 0 saturated carbocycles. The summed E-state index contributed by atoms with van der Waals surface area (Å²) in [5, 5.41) is 4.50. The number of ether oxygens (including phenoxy) is 1. The molecule has 0 spiro atoms. The number of nitrogens with zero attached hydrogens (tertiary/aromatic N) is 5. The molecular formula is C28H35Cl2N6OP. The van der Waals surface area contributed by atoms with Crippen LogP contribution >= 0.6 is 31.1 Å². The first-order valence-electron chi connectivity index (χ1n) is 13.2. The van der Waals surface area contributed by atoms with E-state index in [2.05, 4.69) is 44.5 Å². The highest BCUT2D eigenvalue weighted by Gasteiger charge is 2.21. The third kappa shape index (κ3) is 7.55. The third-order valence-electron chi connectivity index (χ3n) is 6.99. The summed E-state index contributed by atoms with van der Waals surface area (Å²) in [6.07, 6.45) is 7.35. The molecule has 4 heterocycles. The van der Waals surface area contributed by atoms with Crippen molar-refractivity contribution >= 4 is 37.1 Å². The molecule has 0 radical (unpaired) electrons. The maximum atomic E-state index is 6.32. The van der Waals surface area contributed by atoms with Crippen LogP contribution in [0.1, 0.15) is 18.4 Å². The standard InChI is InChI=1S/C28H35Cl2N6OP/c1-38(2)19-20-3-7-35(8-4-20)18-21-11-26(22-13-23(29)15-24(30)14-22)34-27(12-21)37-25-16-32-28(33-17-25)36-9-5-31-6-10-36/h11-17,20,31H,3-10,18-19H2,1-2H3. The first-order valence-corrected chi connectivity index (χ1v) is 16.4. The van der Waals surface area contributed by atoms with Gasteiger partial charge in [-0.15, -0.1) is 7.92 Å². The van der Waals surface area contributed by atoms with Crippen molar-refractivity contribution in [1.29, 1.82) is 0 Å². The van der Waals surface area contributed by atoms with E-state index in [9.17, 15) is 0 Å². The van der Waals surface area contributed by atoms with E-state index in [4.69, 9.17) is 32.9 Å². The molecule has 0 aliphatic carbocycles. The van der Waals surface area contributed by atoms with E-state index in [1.165, 1.54) is 19.0 Å². The number of benzene rings is 1. The average Bonchev–Trinajstić information content (AvgIpc) is 2.90. The molecule has 2 saturated heterocycles. The lowest BCUT2D eigenvalue weighted by Gasteiger charge is -2.32. The summed E-state index contributed by atoms with van der Waals surface area (Å²) in [5.74, 6) is 2.64. The Morgan fingerprint density at radius 2 is 1.63 bits per heavy atom. The highest BCUT2D eigenvalue weighted by atomic mass is 35.5. The molecule has 202 valence electrons. The van der Waals surface area contributed by atoms with Crippen LogP contribution in [0.3, 0.4) is 0 Å². The summed E-state index contributed by atoms with van der Waals surface area (Å²) in [6.45, 7) is 11.5. The average molecular weight is 574 g/mol. The second-order valence-electron chi connectivity index (χ2n) is 10.4. The fourth-order valence-corrected chi connectivity index (χ4v) is 7.09. The van der Waals surface area contributed by atoms with Gasteiger partial charge in [-0.3, -0.25) is 4.90 Å². The zero-order chi connectivity index (χ0) is 26.5. The number of anilines is 1. The molecule has 38 heavy (non-hydrogen) atoms. The summed E-state index contributed by atoms with van der Waals surface area (Å²) >= 11 is 12.6. The predicted molar refractivity (Wildman–Crippen MR) is 159 cm³/mol. The van der Waals surface area contributed by atoms with Gasteiger partial charge in [-0.1, -0.05) is 23.2 Å². The molecule has 2 fully saturated rings. The molecule has 0 atom stereocenters. The van der Waals surface area contributed by atoms with Crippen LogP contribution < -0.4 is 15.0 Å². The van der Waals surface area contributed by atoms with Crippen molar-refractivity contribution in [2.45, 2.75) is 19.4 Å². The summed E-state index contributed by atoms with van der Waals surface area (Å²) in [5.41, 5.74) is 2.78. The van der Waals surface area contributed by atoms with Gasteiger partial charge in [0.15, 0.2) is 5.75 Å². The second-order valence-corrected chi connectivity index (χ2v) is 13.8. The molecule has 2 aliphatic rings. The molecule has 0 bridgehead atoms. The van der Waals surface area contributed by atoms with E-state index >= 15 is 0 Å². The SMILES string of the molecule is CP(C)CC1CCN(Cc2cc(Oc3cnc(N4CCNCC4)nc3)nc(-c3cc(Cl)cc(Cl)c3)c2)CC1. The van der Waals surface area contributed by atoms with Crippen molar-refractivity contribution in [2.24, 2.45) is 5.92 Å². The Balaban J connectivity index is 1.35. The first kappa shape index (κ1) is 27.5. The molecule has 2 aromatic heterocycles. The van der Waals surface area contributed by atoms with Gasteiger partial charge in [0.05, 0.1) is 18.1 Å². The molecule has 7 nitrogen and oxygen atoms in total. The van der Waals surface area contributed by atoms with E-state index in [0.29, 0.717) is 21.7 Å². The van der Waals surface area contributed by atoms with Gasteiger partial charge in [0.25, 0.3) is 0 Å². The monoisotopic (exact) mass is 572 g/mol. The molecule has 2 aliphatic heterocycles. The van der Waals surface area contributed by atoms with E-state index in [0.717, 1.165) is 74.5 Å². The normalized spacial score (nSPS) is 17.2. The molecule has 1 aromatic carbocycles. The van der Waals surface area contributed by atoms with Crippen molar-refractivity contribution in [3.8, 4) is 22.9 Å². The number of pyridine rings is 1. The Labute approximate surface area is 236 Å². The number of hydrogen-bond donors (Lipinski definition) is 1. The smallest absolute Gasteiger partial charge is 0.225 e. The Morgan fingerprint density at radius 3 is 2.29 bits per heavy atom. The largest absolute Gasteiger partial charge is 0.436 e. The van der Waals surface area contributed by atoms with Crippen LogP contribution in [0, 0.1) is 5.92 Å². The van der Waals surface area contributed by atoms with Gasteiger partial charge in [0, 0.05) is 54.4 Å². The number of piperidine rings is 1.